The van der Waals surface area contributed by atoms with Gasteiger partial charge < -0.3 is 10.4 Å². The maximum Gasteiger partial charge on any atom is 0.303 e. The van der Waals surface area contributed by atoms with Crippen LogP contribution in [-0.2, 0) is 19.2 Å². The number of imide groups is 1. The zero-order valence-electron chi connectivity index (χ0n) is 15.1. The summed E-state index contributed by atoms with van der Waals surface area (Å²) < 4.78 is 1.02. The summed E-state index contributed by atoms with van der Waals surface area (Å²) in [7, 11) is 0. The van der Waals surface area contributed by atoms with Gasteiger partial charge in [-0.15, -0.1) is 11.8 Å². The Morgan fingerprint density at radius 3 is 2.34 bits per heavy atom. The Morgan fingerprint density at radius 1 is 1.07 bits per heavy atom. The quantitative estimate of drug-likeness (QED) is 0.425. The average Bonchev–Trinajstić information content (AvgIpc) is 2.96. The van der Waals surface area contributed by atoms with Crippen molar-refractivity contribution in [3.63, 3.8) is 0 Å². The van der Waals surface area contributed by atoms with E-state index in [1.807, 2.05) is 12.1 Å². The summed E-state index contributed by atoms with van der Waals surface area (Å²) in [6, 6.07) is 14.1. The number of carbonyl (C=O) groups is 4. The number of benzene rings is 2. The van der Waals surface area contributed by atoms with Crippen LogP contribution in [0.15, 0.2) is 53.4 Å². The first-order valence-corrected chi connectivity index (χ1v) is 10.7. The Bertz CT molecular complexity index is 946. The van der Waals surface area contributed by atoms with Crippen molar-refractivity contribution in [2.75, 3.05) is 10.2 Å². The fourth-order valence-electron chi connectivity index (χ4n) is 2.78. The number of carboxylic acid groups (broad SMARTS) is 1. The van der Waals surface area contributed by atoms with Gasteiger partial charge >= 0.3 is 5.97 Å². The molecule has 29 heavy (non-hydrogen) atoms. The number of nitrogens with zero attached hydrogens (tertiary/aromatic N) is 1. The Labute approximate surface area is 185 Å². The number of halogens is 1. The lowest BCUT2D eigenvalue weighted by atomic mass is 10.2. The molecule has 0 unspecified atom stereocenters. The molecule has 1 atom stereocenters. The number of aliphatic carboxylic acids is 1. The minimum absolute atomic E-state index is 0.0983. The molecule has 9 heteroatoms. The summed E-state index contributed by atoms with van der Waals surface area (Å²) in [5.74, 6) is -1.87. The summed E-state index contributed by atoms with van der Waals surface area (Å²) in [6.45, 7) is 0. The highest BCUT2D eigenvalue weighted by Gasteiger charge is 2.40. The molecule has 0 aromatic heterocycles. The number of carbonyl (C=O) groups excluding carboxylic acids is 3. The number of rotatable bonds is 7. The molecule has 0 spiro atoms. The lowest BCUT2D eigenvalue weighted by Gasteiger charge is -2.15. The van der Waals surface area contributed by atoms with Crippen molar-refractivity contribution in [3.8, 4) is 0 Å². The fourth-order valence-corrected chi connectivity index (χ4v) is 4.20. The first-order valence-electron chi connectivity index (χ1n) is 8.74. The molecular weight excluding hydrogens is 507 g/mol. The first kappa shape index (κ1) is 21.3. The van der Waals surface area contributed by atoms with E-state index in [2.05, 4.69) is 27.9 Å². The van der Waals surface area contributed by atoms with Crippen molar-refractivity contribution in [1.29, 1.82) is 0 Å². The largest absolute Gasteiger partial charge is 0.481 e. The van der Waals surface area contributed by atoms with Crippen molar-refractivity contribution >= 4 is 69.4 Å². The molecule has 2 aromatic carbocycles. The van der Waals surface area contributed by atoms with Crippen LogP contribution in [0.3, 0.4) is 0 Å². The molecule has 1 aliphatic rings. The molecule has 1 aliphatic heterocycles. The minimum Gasteiger partial charge on any atom is -0.481 e. The number of nitrogens with one attached hydrogen (secondary N) is 1. The Kier molecular flexibility index (Phi) is 6.91. The Balaban J connectivity index is 1.61. The van der Waals surface area contributed by atoms with Gasteiger partial charge in [-0.1, -0.05) is 0 Å². The van der Waals surface area contributed by atoms with Crippen LogP contribution in [0.1, 0.15) is 19.3 Å². The van der Waals surface area contributed by atoms with Crippen LogP contribution in [0.4, 0.5) is 11.4 Å². The summed E-state index contributed by atoms with van der Waals surface area (Å²) in [6.07, 6.45) is -0.198. The second-order valence-corrected chi connectivity index (χ2v) is 8.84. The van der Waals surface area contributed by atoms with Gasteiger partial charge in [0.25, 0.3) is 0 Å². The van der Waals surface area contributed by atoms with E-state index in [0.29, 0.717) is 11.4 Å². The molecule has 0 bridgehead atoms. The zero-order valence-corrected chi connectivity index (χ0v) is 18.1. The highest BCUT2D eigenvalue weighted by Crippen LogP contribution is 2.34. The van der Waals surface area contributed by atoms with E-state index in [1.54, 1.807) is 36.4 Å². The van der Waals surface area contributed by atoms with Crippen molar-refractivity contribution < 1.29 is 24.3 Å². The van der Waals surface area contributed by atoms with E-state index in [4.69, 9.17) is 5.11 Å². The molecule has 3 amide bonds. The number of hydrogen-bond donors (Lipinski definition) is 2. The highest BCUT2D eigenvalue weighted by molar-refractivity contribution is 14.1. The second kappa shape index (κ2) is 9.40. The summed E-state index contributed by atoms with van der Waals surface area (Å²) in [5.41, 5.74) is 1.11. The highest BCUT2D eigenvalue weighted by atomic mass is 127. The molecule has 1 fully saturated rings. The van der Waals surface area contributed by atoms with E-state index >= 15 is 0 Å². The summed E-state index contributed by atoms with van der Waals surface area (Å²) in [5, 5.41) is 10.7. The molecular formula is C20H17IN2O5S. The van der Waals surface area contributed by atoms with E-state index in [9.17, 15) is 19.2 Å². The van der Waals surface area contributed by atoms with Crippen molar-refractivity contribution in [1.82, 2.24) is 0 Å². The number of amides is 3. The van der Waals surface area contributed by atoms with Gasteiger partial charge in [-0.25, -0.2) is 4.90 Å². The molecule has 1 saturated heterocycles. The van der Waals surface area contributed by atoms with Crippen LogP contribution in [0.25, 0.3) is 0 Å². The lowest BCUT2D eigenvalue weighted by Crippen LogP contribution is -2.31. The van der Waals surface area contributed by atoms with Gasteiger partial charge in [-0.3, -0.25) is 19.2 Å². The van der Waals surface area contributed by atoms with Crippen LogP contribution in [0.2, 0.25) is 0 Å². The molecule has 2 N–H and O–H groups in total. The summed E-state index contributed by atoms with van der Waals surface area (Å²) >= 11 is 3.46. The van der Waals surface area contributed by atoms with Crippen LogP contribution >= 0.6 is 34.4 Å². The molecule has 1 heterocycles. The van der Waals surface area contributed by atoms with E-state index < -0.39 is 11.2 Å². The van der Waals surface area contributed by atoms with Gasteiger partial charge in [-0.05, 0) is 71.1 Å². The van der Waals surface area contributed by atoms with E-state index in [-0.39, 0.29) is 37.0 Å². The smallest absolute Gasteiger partial charge is 0.303 e. The number of carboxylic acids is 1. The van der Waals surface area contributed by atoms with E-state index in [1.165, 1.54) is 16.7 Å². The lowest BCUT2D eigenvalue weighted by molar-refractivity contribution is -0.138. The van der Waals surface area contributed by atoms with Crippen molar-refractivity contribution in [2.24, 2.45) is 0 Å². The monoisotopic (exact) mass is 524 g/mol. The third kappa shape index (κ3) is 5.57. The van der Waals surface area contributed by atoms with E-state index in [0.717, 1.165) is 8.47 Å². The first-order chi connectivity index (χ1) is 13.8. The number of anilines is 2. The SMILES string of the molecule is O=C(O)CCC(=O)Nc1ccc(S[C@@H]2CC(=O)N(c3ccc(I)cc3)C2=O)cc1. The Morgan fingerprint density at radius 2 is 1.72 bits per heavy atom. The normalized spacial score (nSPS) is 16.2. The minimum atomic E-state index is -1.03. The third-order valence-electron chi connectivity index (χ3n) is 4.17. The molecule has 150 valence electrons. The van der Waals surface area contributed by atoms with Crippen LogP contribution < -0.4 is 10.2 Å². The summed E-state index contributed by atoms with van der Waals surface area (Å²) in [4.78, 5) is 49.3. The van der Waals surface area contributed by atoms with Gasteiger partial charge in [-0.2, -0.15) is 0 Å². The molecule has 0 saturated carbocycles. The van der Waals surface area contributed by atoms with Gasteiger partial charge in [0.15, 0.2) is 0 Å². The maximum atomic E-state index is 12.7. The molecule has 3 rings (SSSR count). The van der Waals surface area contributed by atoms with Crippen LogP contribution in [-0.4, -0.2) is 34.0 Å². The van der Waals surface area contributed by atoms with Gasteiger partial charge in [0.05, 0.1) is 17.4 Å². The predicted octanol–water partition coefficient (Wildman–Crippen LogP) is 3.52. The predicted molar refractivity (Wildman–Crippen MR) is 118 cm³/mol. The van der Waals surface area contributed by atoms with Crippen molar-refractivity contribution in [2.45, 2.75) is 29.4 Å². The zero-order chi connectivity index (χ0) is 21.0. The van der Waals surface area contributed by atoms with Crippen molar-refractivity contribution in [3.05, 3.63) is 52.1 Å². The molecule has 0 aliphatic carbocycles. The van der Waals surface area contributed by atoms with Gasteiger partial charge in [0.2, 0.25) is 17.7 Å². The topological polar surface area (TPSA) is 104 Å². The molecule has 7 nitrogen and oxygen atoms in total. The molecule has 2 aromatic rings. The standard InChI is InChI=1S/C20H17IN2O5S/c21-12-1-5-14(6-2-12)23-18(25)11-16(20(23)28)29-15-7-3-13(4-8-15)22-17(24)9-10-19(26)27/h1-8,16H,9-11H2,(H,22,24)(H,26,27)/t16-/m1/s1. The maximum absolute atomic E-state index is 12.7. The second-order valence-electron chi connectivity index (χ2n) is 6.32. The van der Waals surface area contributed by atoms with Gasteiger partial charge in [0.1, 0.15) is 0 Å². The molecule has 0 radical (unpaired) electrons. The average molecular weight is 524 g/mol. The fraction of sp³-hybridized carbons (Fsp3) is 0.200. The third-order valence-corrected chi connectivity index (χ3v) is 6.09. The van der Waals surface area contributed by atoms with Crippen LogP contribution in [0.5, 0.6) is 0 Å². The Hall–Kier alpha value is -2.40. The van der Waals surface area contributed by atoms with Gasteiger partial charge in [0, 0.05) is 27.0 Å². The number of hydrogen-bond acceptors (Lipinski definition) is 5. The number of thioether (sulfide) groups is 1. The van der Waals surface area contributed by atoms with Crippen LogP contribution in [0, 0.1) is 3.57 Å².